The SMILES string of the molecule is Cc1conc1NC(=O)Nc1ccc2c(c1)CCC(=O)N2C. The minimum atomic E-state index is -0.391. The summed E-state index contributed by atoms with van der Waals surface area (Å²) >= 11 is 0. The Labute approximate surface area is 127 Å². The maximum absolute atomic E-state index is 11.9. The molecule has 2 N–H and O–H groups in total. The van der Waals surface area contributed by atoms with Crippen LogP contribution in [0.5, 0.6) is 0 Å². The Morgan fingerprint density at radius 1 is 1.32 bits per heavy atom. The third-order valence-electron chi connectivity index (χ3n) is 3.66. The van der Waals surface area contributed by atoms with Crippen molar-refractivity contribution in [3.63, 3.8) is 0 Å². The minimum Gasteiger partial charge on any atom is -0.362 e. The molecule has 0 atom stereocenters. The molecule has 0 bridgehead atoms. The molecule has 3 rings (SSSR count). The van der Waals surface area contributed by atoms with Gasteiger partial charge in [-0.25, -0.2) is 4.79 Å². The van der Waals surface area contributed by atoms with Crippen LogP contribution in [-0.2, 0) is 11.2 Å². The van der Waals surface area contributed by atoms with Gasteiger partial charge in [0, 0.05) is 30.4 Å². The Hall–Kier alpha value is -2.83. The molecule has 0 radical (unpaired) electrons. The summed E-state index contributed by atoms with van der Waals surface area (Å²) in [6.45, 7) is 1.79. The number of aromatic nitrogens is 1. The first-order chi connectivity index (χ1) is 10.5. The van der Waals surface area contributed by atoms with Gasteiger partial charge in [0.1, 0.15) is 6.26 Å². The largest absolute Gasteiger partial charge is 0.362 e. The predicted octanol–water partition coefficient (Wildman–Crippen LogP) is 2.54. The van der Waals surface area contributed by atoms with Crippen LogP contribution in [0, 0.1) is 6.92 Å². The summed E-state index contributed by atoms with van der Waals surface area (Å²) < 4.78 is 4.76. The Morgan fingerprint density at radius 3 is 2.86 bits per heavy atom. The Balaban J connectivity index is 1.72. The molecule has 22 heavy (non-hydrogen) atoms. The Morgan fingerprint density at radius 2 is 2.14 bits per heavy atom. The summed E-state index contributed by atoms with van der Waals surface area (Å²) in [4.78, 5) is 25.2. The molecule has 2 aromatic rings. The molecule has 114 valence electrons. The van der Waals surface area contributed by atoms with Crippen LogP contribution in [0.3, 0.4) is 0 Å². The number of carbonyl (C=O) groups is 2. The highest BCUT2D eigenvalue weighted by atomic mass is 16.5. The molecule has 1 aliphatic rings. The molecular weight excluding hydrogens is 284 g/mol. The van der Waals surface area contributed by atoms with E-state index in [1.807, 2.05) is 12.1 Å². The Bertz CT molecular complexity index is 738. The smallest absolute Gasteiger partial charge is 0.324 e. The van der Waals surface area contributed by atoms with E-state index >= 15 is 0 Å². The number of rotatable bonds is 2. The number of carbonyl (C=O) groups excluding carboxylic acids is 2. The van der Waals surface area contributed by atoms with Crippen LogP contribution >= 0.6 is 0 Å². The third kappa shape index (κ3) is 2.65. The summed E-state index contributed by atoms with van der Waals surface area (Å²) in [5.74, 6) is 0.494. The second-order valence-electron chi connectivity index (χ2n) is 5.22. The van der Waals surface area contributed by atoms with Gasteiger partial charge in [-0.2, -0.15) is 0 Å². The highest BCUT2D eigenvalue weighted by Crippen LogP contribution is 2.29. The van der Waals surface area contributed by atoms with Crippen LogP contribution in [-0.4, -0.2) is 24.1 Å². The van der Waals surface area contributed by atoms with E-state index in [0.717, 1.165) is 16.8 Å². The van der Waals surface area contributed by atoms with Gasteiger partial charge in [-0.1, -0.05) is 5.16 Å². The zero-order valence-corrected chi connectivity index (χ0v) is 12.3. The van der Waals surface area contributed by atoms with Gasteiger partial charge in [0.05, 0.1) is 0 Å². The fourth-order valence-corrected chi connectivity index (χ4v) is 2.41. The zero-order valence-electron chi connectivity index (χ0n) is 12.3. The predicted molar refractivity (Wildman–Crippen MR) is 82.1 cm³/mol. The molecule has 2 heterocycles. The normalized spacial score (nSPS) is 13.7. The molecule has 0 spiro atoms. The first-order valence-corrected chi connectivity index (χ1v) is 6.93. The number of hydrogen-bond donors (Lipinski definition) is 2. The number of nitrogens with one attached hydrogen (secondary N) is 2. The molecule has 7 nitrogen and oxygen atoms in total. The van der Waals surface area contributed by atoms with Gasteiger partial charge < -0.3 is 14.7 Å². The maximum atomic E-state index is 11.9. The van der Waals surface area contributed by atoms with Crippen molar-refractivity contribution in [2.75, 3.05) is 22.6 Å². The van der Waals surface area contributed by atoms with Crippen LogP contribution in [0.2, 0.25) is 0 Å². The molecular formula is C15H16N4O3. The van der Waals surface area contributed by atoms with Crippen LogP contribution in [0.25, 0.3) is 0 Å². The summed E-state index contributed by atoms with van der Waals surface area (Å²) in [6.07, 6.45) is 2.62. The van der Waals surface area contributed by atoms with Crippen LogP contribution in [0.15, 0.2) is 29.0 Å². The van der Waals surface area contributed by atoms with Gasteiger partial charge in [-0.05, 0) is 37.1 Å². The molecule has 0 saturated heterocycles. The lowest BCUT2D eigenvalue weighted by Crippen LogP contribution is -2.31. The first-order valence-electron chi connectivity index (χ1n) is 6.93. The van der Waals surface area contributed by atoms with Crippen molar-refractivity contribution in [3.05, 3.63) is 35.6 Å². The summed E-state index contributed by atoms with van der Waals surface area (Å²) in [5, 5.41) is 9.06. The quantitative estimate of drug-likeness (QED) is 0.892. The lowest BCUT2D eigenvalue weighted by Gasteiger charge is -2.26. The molecule has 3 amide bonds. The molecule has 0 aliphatic carbocycles. The van der Waals surface area contributed by atoms with Crippen molar-refractivity contribution in [2.45, 2.75) is 19.8 Å². The second kappa shape index (κ2) is 5.51. The summed E-state index contributed by atoms with van der Waals surface area (Å²) in [7, 11) is 1.76. The molecule has 7 heteroatoms. The molecule has 0 fully saturated rings. The zero-order chi connectivity index (χ0) is 15.7. The number of nitrogens with zero attached hydrogens (tertiary/aromatic N) is 2. The molecule has 1 aliphatic heterocycles. The van der Waals surface area contributed by atoms with Gasteiger partial charge in [-0.15, -0.1) is 0 Å². The number of anilines is 3. The average molecular weight is 300 g/mol. The van der Waals surface area contributed by atoms with E-state index in [1.54, 1.807) is 24.9 Å². The van der Waals surface area contributed by atoms with E-state index in [9.17, 15) is 9.59 Å². The average Bonchev–Trinajstić information content (AvgIpc) is 2.88. The summed E-state index contributed by atoms with van der Waals surface area (Å²) in [6, 6.07) is 5.09. The van der Waals surface area contributed by atoms with E-state index in [4.69, 9.17) is 4.52 Å². The van der Waals surface area contributed by atoms with E-state index in [-0.39, 0.29) is 5.91 Å². The fourth-order valence-electron chi connectivity index (χ4n) is 2.41. The van der Waals surface area contributed by atoms with Crippen LogP contribution in [0.4, 0.5) is 22.0 Å². The van der Waals surface area contributed by atoms with E-state index in [2.05, 4.69) is 15.8 Å². The lowest BCUT2D eigenvalue weighted by molar-refractivity contribution is -0.118. The maximum Gasteiger partial charge on any atom is 0.324 e. The van der Waals surface area contributed by atoms with Gasteiger partial charge in [0.15, 0.2) is 5.82 Å². The number of hydrogen-bond acceptors (Lipinski definition) is 4. The van der Waals surface area contributed by atoms with E-state index < -0.39 is 6.03 Å². The van der Waals surface area contributed by atoms with Gasteiger partial charge in [-0.3, -0.25) is 10.1 Å². The number of benzene rings is 1. The number of urea groups is 1. The van der Waals surface area contributed by atoms with Gasteiger partial charge >= 0.3 is 6.03 Å². The monoisotopic (exact) mass is 300 g/mol. The van der Waals surface area contributed by atoms with Crippen LogP contribution < -0.4 is 15.5 Å². The van der Waals surface area contributed by atoms with Crippen molar-refractivity contribution in [1.29, 1.82) is 0 Å². The van der Waals surface area contributed by atoms with E-state index in [0.29, 0.717) is 24.3 Å². The first kappa shape index (κ1) is 14.1. The lowest BCUT2D eigenvalue weighted by atomic mass is 10.0. The minimum absolute atomic E-state index is 0.104. The highest BCUT2D eigenvalue weighted by Gasteiger charge is 2.21. The van der Waals surface area contributed by atoms with E-state index in [1.165, 1.54) is 6.26 Å². The van der Waals surface area contributed by atoms with Crippen molar-refractivity contribution in [2.24, 2.45) is 0 Å². The second-order valence-corrected chi connectivity index (χ2v) is 5.22. The van der Waals surface area contributed by atoms with Crippen LogP contribution in [0.1, 0.15) is 17.5 Å². The molecule has 0 unspecified atom stereocenters. The summed E-state index contributed by atoms with van der Waals surface area (Å²) in [5.41, 5.74) is 3.34. The van der Waals surface area contributed by atoms with Crippen molar-refractivity contribution >= 4 is 29.1 Å². The Kier molecular flexibility index (Phi) is 3.54. The molecule has 1 aromatic carbocycles. The number of aryl methyl sites for hydroxylation is 2. The molecule has 1 aromatic heterocycles. The highest BCUT2D eigenvalue weighted by molar-refractivity contribution is 6.00. The third-order valence-corrected chi connectivity index (χ3v) is 3.66. The number of fused-ring (bicyclic) bond motifs is 1. The standard InChI is InChI=1S/C15H16N4O3/c1-9-8-22-18-14(9)17-15(21)16-11-4-5-12-10(7-11)3-6-13(20)19(12)2/h4-5,7-8H,3,6H2,1-2H3,(H2,16,17,18,21). The van der Waals surface area contributed by atoms with Gasteiger partial charge in [0.2, 0.25) is 5.91 Å². The van der Waals surface area contributed by atoms with Crippen molar-refractivity contribution < 1.29 is 14.1 Å². The topological polar surface area (TPSA) is 87.5 Å². The van der Waals surface area contributed by atoms with Gasteiger partial charge in [0.25, 0.3) is 0 Å². The van der Waals surface area contributed by atoms with Crippen molar-refractivity contribution in [3.8, 4) is 0 Å². The van der Waals surface area contributed by atoms with Crippen molar-refractivity contribution in [1.82, 2.24) is 5.16 Å². The fraction of sp³-hybridized carbons (Fsp3) is 0.267. The molecule has 0 saturated carbocycles. The number of amides is 3.